The van der Waals surface area contributed by atoms with Crippen molar-refractivity contribution in [2.24, 2.45) is 0 Å². The molecule has 29 heteroatoms. The van der Waals surface area contributed by atoms with E-state index in [1.165, 1.54) is 48.3 Å². The number of aryl methyl sites for hydroxylation is 7. The number of hydrogen-bond donors (Lipinski definition) is 9. The third-order valence-electron chi connectivity index (χ3n) is 16.5. The van der Waals surface area contributed by atoms with E-state index in [2.05, 4.69) is 65.1 Å². The normalized spacial score (nSPS) is 10.4. The number of nitrogens with one attached hydrogen (secondary N) is 9. The van der Waals surface area contributed by atoms with Crippen LogP contribution >= 0.6 is 23.2 Å². The molecule has 10 aromatic rings. The topological polar surface area (TPSA) is 326 Å². The van der Waals surface area contributed by atoms with E-state index in [1.54, 1.807) is 55.5 Å². The van der Waals surface area contributed by atoms with Gasteiger partial charge in [-0.25, -0.2) is 44.0 Å². The Morgan fingerprint density at radius 3 is 1.51 bits per heavy atom. The van der Waals surface area contributed by atoms with Crippen molar-refractivity contribution in [3.05, 3.63) is 328 Å². The number of carbonyl (C=O) groups excluding carboxylic acids is 6. The number of rotatable bonds is 26. The SMILES string of the molecule is C=CCNC(=O)Nc1cccc(C)c1.CC#Cc1ccc(NS(C)(=O)=O)cc1.CCCC(=O)Nc1ccc(C)cc1.CCCS(=O)(=O)Nc1ccccc1C.COC(=O)C(Cc1ccccc1)NC(=O)Cc1ccc(C)cc1.Cc1ccc(N(C)S(=O)(=O)CCl)cc1.Cc1ccc(NC(=O)NCCCl)cc1.Cc1ccc(NC(=O)c2ccc(F)cc2)cc1. The third kappa shape index (κ3) is 46.3. The molecule has 1 atom stereocenters. The van der Waals surface area contributed by atoms with Crippen molar-refractivity contribution >= 4 is 129 Å². The largest absolute Gasteiger partial charge is 0.467 e. The number of amides is 7. The van der Waals surface area contributed by atoms with Gasteiger partial charge in [-0.05, 0) is 206 Å². The molecule has 10 aromatic carbocycles. The van der Waals surface area contributed by atoms with Crippen LogP contribution in [0.5, 0.6) is 0 Å². The van der Waals surface area contributed by atoms with Gasteiger partial charge in [0.25, 0.3) is 5.91 Å². The highest BCUT2D eigenvalue weighted by molar-refractivity contribution is 7.94. The van der Waals surface area contributed by atoms with Crippen molar-refractivity contribution in [1.82, 2.24) is 16.0 Å². The number of nitrogens with zero attached hydrogens (tertiary/aromatic N) is 1. The van der Waals surface area contributed by atoms with Crippen LogP contribution in [0, 0.1) is 66.1 Å². The molecule has 7 amide bonds. The Bertz CT molecular complexity index is 5330. The molecule has 0 aliphatic heterocycles. The molecule has 23 nitrogen and oxygen atoms in total. The van der Waals surface area contributed by atoms with Gasteiger partial charge in [-0.15, -0.1) is 35.7 Å². The maximum absolute atomic E-state index is 12.7. The van der Waals surface area contributed by atoms with Crippen molar-refractivity contribution in [3.8, 4) is 11.8 Å². The summed E-state index contributed by atoms with van der Waals surface area (Å²) in [5.74, 6) is 5.08. The van der Waals surface area contributed by atoms with Crippen LogP contribution in [0.4, 0.5) is 53.8 Å². The Hall–Kier alpha value is -12.3. The average molecular weight is 1780 g/mol. The quantitative estimate of drug-likeness (QED) is 0.0106. The third-order valence-corrected chi connectivity index (χ3v) is 20.9. The Kier molecular flexibility index (Phi) is 48.6. The smallest absolute Gasteiger partial charge is 0.328 e. The fourth-order valence-electron chi connectivity index (χ4n) is 10.0. The minimum absolute atomic E-state index is 0.0892. The van der Waals surface area contributed by atoms with Gasteiger partial charge in [-0.3, -0.25) is 28.1 Å². The summed E-state index contributed by atoms with van der Waals surface area (Å²) in [4.78, 5) is 69.5. The number of urea groups is 2. The summed E-state index contributed by atoms with van der Waals surface area (Å²) in [6, 6.07) is 73.6. The van der Waals surface area contributed by atoms with Gasteiger partial charge >= 0.3 is 18.0 Å². The van der Waals surface area contributed by atoms with E-state index >= 15 is 0 Å². The fourth-order valence-corrected chi connectivity index (χ4v) is 12.9. The number of para-hydroxylation sites is 1. The minimum atomic E-state index is -3.37. The first-order chi connectivity index (χ1) is 58.4. The molecule has 123 heavy (non-hydrogen) atoms. The Balaban J connectivity index is 0.000000366. The lowest BCUT2D eigenvalue weighted by atomic mass is 10.0. The summed E-state index contributed by atoms with van der Waals surface area (Å²) in [5.41, 5.74) is 16.0. The first kappa shape index (κ1) is 105. The summed E-state index contributed by atoms with van der Waals surface area (Å²) in [7, 11) is -6.90. The first-order valence-corrected chi connectivity index (χ1v) is 45.2. The molecule has 0 bridgehead atoms. The second-order valence-electron chi connectivity index (χ2n) is 27.5. The monoisotopic (exact) mass is 1770 g/mol. The molecule has 0 radical (unpaired) electrons. The molecule has 656 valence electrons. The van der Waals surface area contributed by atoms with E-state index in [-0.39, 0.29) is 47.8 Å². The maximum atomic E-state index is 12.7. The lowest BCUT2D eigenvalue weighted by Crippen LogP contribution is -2.43. The van der Waals surface area contributed by atoms with Crippen LogP contribution < -0.4 is 51.0 Å². The molecule has 0 aliphatic carbocycles. The number of esters is 1. The highest BCUT2D eigenvalue weighted by Crippen LogP contribution is 2.20. The lowest BCUT2D eigenvalue weighted by Gasteiger charge is -2.17. The number of methoxy groups -OCH3 is 1. The number of halogens is 3. The molecule has 0 heterocycles. The average Bonchev–Trinajstić information content (AvgIpc) is 0.844. The number of benzene rings is 10. The molecule has 10 rings (SSSR count). The molecule has 0 saturated heterocycles. The highest BCUT2D eigenvalue weighted by atomic mass is 35.5. The van der Waals surface area contributed by atoms with Gasteiger partial charge in [0.05, 0.1) is 36.9 Å². The fraction of sp³-hybridized carbons (Fsp3) is 0.255. The second kappa shape index (κ2) is 57.1. The Morgan fingerprint density at radius 2 is 1.02 bits per heavy atom. The highest BCUT2D eigenvalue weighted by Gasteiger charge is 2.23. The predicted octanol–water partition coefficient (Wildman–Crippen LogP) is 18.7. The van der Waals surface area contributed by atoms with Crippen LogP contribution in [-0.2, 0) is 62.0 Å². The van der Waals surface area contributed by atoms with Crippen LogP contribution in [0.1, 0.15) is 106 Å². The van der Waals surface area contributed by atoms with Crippen molar-refractivity contribution < 1.29 is 63.1 Å². The van der Waals surface area contributed by atoms with E-state index in [1.807, 2.05) is 244 Å². The zero-order valence-electron chi connectivity index (χ0n) is 71.7. The second-order valence-corrected chi connectivity index (χ2v) is 34.1. The molecule has 0 aromatic heterocycles. The molecule has 0 fully saturated rings. The van der Waals surface area contributed by atoms with Crippen molar-refractivity contribution in [2.45, 2.75) is 107 Å². The first-order valence-electron chi connectivity index (χ1n) is 39.0. The molecule has 0 spiro atoms. The van der Waals surface area contributed by atoms with Gasteiger partial charge in [0.15, 0.2) is 0 Å². The molecule has 9 N–H and O–H groups in total. The zero-order valence-corrected chi connectivity index (χ0v) is 75.7. The van der Waals surface area contributed by atoms with E-state index in [0.717, 1.165) is 85.5 Å². The van der Waals surface area contributed by atoms with Gasteiger partial charge in [-0.2, -0.15) is 0 Å². The van der Waals surface area contributed by atoms with E-state index in [9.17, 15) is 58.4 Å². The molecule has 0 saturated carbocycles. The number of sulfonamides is 3. The number of alkyl halides is 2. The number of ether oxygens (including phenoxy) is 1. The molecular formula is C94H113Cl2FN10O13S3. The summed E-state index contributed by atoms with van der Waals surface area (Å²) >= 11 is 10.8. The van der Waals surface area contributed by atoms with Gasteiger partial charge < -0.3 is 42.0 Å². The van der Waals surface area contributed by atoms with Gasteiger partial charge in [-0.1, -0.05) is 187 Å². The minimum Gasteiger partial charge on any atom is -0.467 e. The Morgan fingerprint density at radius 1 is 0.528 bits per heavy atom. The van der Waals surface area contributed by atoms with E-state index < -0.39 is 47.3 Å². The van der Waals surface area contributed by atoms with E-state index in [0.29, 0.717) is 60.9 Å². The summed E-state index contributed by atoms with van der Waals surface area (Å²) in [5, 5.41) is 18.6. The van der Waals surface area contributed by atoms with Gasteiger partial charge in [0, 0.05) is 78.4 Å². The van der Waals surface area contributed by atoms with Crippen molar-refractivity contribution in [1.29, 1.82) is 0 Å². The predicted molar refractivity (Wildman–Crippen MR) is 502 cm³/mol. The summed E-state index contributed by atoms with van der Waals surface area (Å²) in [6.45, 7) is 23.8. The molecule has 0 aliphatic rings. The van der Waals surface area contributed by atoms with Gasteiger partial charge in [0.1, 0.15) is 17.1 Å². The molecular weight excluding hydrogens is 1660 g/mol. The van der Waals surface area contributed by atoms with Crippen molar-refractivity contribution in [2.75, 3.05) is 85.4 Å². The van der Waals surface area contributed by atoms with Crippen LogP contribution in [0.2, 0.25) is 0 Å². The zero-order chi connectivity index (χ0) is 91.3. The van der Waals surface area contributed by atoms with E-state index in [4.69, 9.17) is 27.9 Å². The van der Waals surface area contributed by atoms with Crippen LogP contribution in [0.25, 0.3) is 0 Å². The Labute approximate surface area is 736 Å². The molecule has 1 unspecified atom stereocenters. The maximum Gasteiger partial charge on any atom is 0.328 e. The number of anilines is 7. The summed E-state index contributed by atoms with van der Waals surface area (Å²) in [6.07, 6.45) is 5.51. The van der Waals surface area contributed by atoms with Crippen LogP contribution in [-0.4, -0.2) is 117 Å². The lowest BCUT2D eigenvalue weighted by molar-refractivity contribution is -0.145. The van der Waals surface area contributed by atoms with Crippen LogP contribution in [0.3, 0.4) is 0 Å². The van der Waals surface area contributed by atoms with Gasteiger partial charge in [0.2, 0.25) is 41.9 Å². The van der Waals surface area contributed by atoms with Crippen molar-refractivity contribution in [3.63, 3.8) is 0 Å². The number of hydrogen-bond acceptors (Lipinski definition) is 13. The number of carbonyl (C=O) groups is 6. The standard InChI is InChI=1S/C19H21NO3.C14H12FNO.C11H14N2O.C11H15NO.C10H13ClN2O.C10H15NO2S.C10H11NO2S.C9H12ClNO2S/c1-14-8-10-16(11-9-14)13-18(21)20-17(19(22)23-2)12-15-6-4-3-5-7-15;1-10-2-8-13(9-3-10)16-14(17)11-4-6-12(15)7-5-11;1-3-7-12-11(14)13-10-6-4-5-9(2)8-10;1-3-4-11(13)12-10-7-5-9(2)6-8-10;1-8-2-4-9(5-3-8)13-10(14)12-7-6-11;1-3-8-14(12,13)11-10-7-5-4-6-9(10)2;1-3-4-9-5-7-10(8-6-9)11-14(2,12)13;1-8-3-5-9(6-4-8)11(2)14(12,13)7-10/h3-11,17H,12-13H2,1-2H3,(H,20,21);2-9H,1H3,(H,16,17);3-6,8H,1,7H2,2H3,(H2,12,13,14);5-8H,3-4H2,1-2H3,(H,12,13);2-5H,6-7H2,1H3,(H2,12,13,14);4-7,11H,3,8H2,1-2H3;5-8,11H,1-2H3;3-6H,7H2,1-2H3. The van der Waals surface area contributed by atoms with Crippen LogP contribution in [0.15, 0.2) is 261 Å². The summed E-state index contributed by atoms with van der Waals surface area (Å²) < 4.78 is 91.0.